The summed E-state index contributed by atoms with van der Waals surface area (Å²) in [5.41, 5.74) is 2.35. The highest BCUT2D eigenvalue weighted by Gasteiger charge is 2.41. The number of carbonyl (C=O) groups excluding carboxylic acids is 2. The van der Waals surface area contributed by atoms with Crippen molar-refractivity contribution in [1.82, 2.24) is 24.8 Å². The number of benzene rings is 2. The molecule has 0 aliphatic carbocycles. The number of likely N-dealkylation sites (tertiary alicyclic amines) is 1. The lowest BCUT2D eigenvalue weighted by molar-refractivity contribution is 0.0516. The van der Waals surface area contributed by atoms with Crippen LogP contribution in [0.2, 0.25) is 0 Å². The van der Waals surface area contributed by atoms with Crippen molar-refractivity contribution in [2.45, 2.75) is 38.0 Å². The molecule has 1 fully saturated rings. The van der Waals surface area contributed by atoms with Crippen molar-refractivity contribution < 1.29 is 19.1 Å². The predicted molar refractivity (Wildman–Crippen MR) is 153 cm³/mol. The second kappa shape index (κ2) is 9.77. The third kappa shape index (κ3) is 4.33. The van der Waals surface area contributed by atoms with E-state index in [1.54, 1.807) is 24.4 Å². The van der Waals surface area contributed by atoms with Gasteiger partial charge in [0.15, 0.2) is 17.6 Å². The molecule has 2 aromatic heterocycles. The number of imide groups is 1. The highest BCUT2D eigenvalue weighted by Crippen LogP contribution is 2.34. The zero-order chi connectivity index (χ0) is 28.2. The fourth-order valence-electron chi connectivity index (χ4n) is 5.92. The van der Waals surface area contributed by atoms with E-state index in [4.69, 9.17) is 9.47 Å². The molecule has 11 heteroatoms. The van der Waals surface area contributed by atoms with Gasteiger partial charge in [-0.15, -0.1) is 0 Å². The quantitative estimate of drug-likeness (QED) is 0.320. The molecule has 0 radical (unpaired) electrons. The number of rotatable bonds is 5. The van der Waals surface area contributed by atoms with Gasteiger partial charge in [-0.1, -0.05) is 12.1 Å². The Morgan fingerprint density at radius 2 is 1.76 bits per heavy atom. The van der Waals surface area contributed by atoms with Crippen molar-refractivity contribution in [2.75, 3.05) is 32.1 Å². The summed E-state index contributed by atoms with van der Waals surface area (Å²) in [7, 11) is 2.04. The average Bonchev–Trinajstić information content (AvgIpc) is 3.49. The van der Waals surface area contributed by atoms with Crippen molar-refractivity contribution in [3.8, 4) is 22.9 Å². The number of ether oxygens (including phenoxy) is 2. The van der Waals surface area contributed by atoms with Crippen LogP contribution in [0.15, 0.2) is 53.5 Å². The molecule has 7 rings (SSSR count). The topological polar surface area (TPSA) is 133 Å². The van der Waals surface area contributed by atoms with Crippen molar-refractivity contribution in [1.29, 1.82) is 0 Å². The van der Waals surface area contributed by atoms with Gasteiger partial charge < -0.3 is 29.7 Å². The van der Waals surface area contributed by atoms with Crippen LogP contribution in [0.5, 0.6) is 11.5 Å². The Morgan fingerprint density at radius 3 is 2.54 bits per heavy atom. The van der Waals surface area contributed by atoms with Gasteiger partial charge >= 0.3 is 0 Å². The van der Waals surface area contributed by atoms with Crippen LogP contribution >= 0.6 is 0 Å². The second-order valence-corrected chi connectivity index (χ2v) is 11.0. The molecule has 0 spiro atoms. The number of H-pyrrole nitrogens is 2. The summed E-state index contributed by atoms with van der Waals surface area (Å²) in [6.45, 7) is 4.01. The molecule has 2 aromatic carbocycles. The van der Waals surface area contributed by atoms with E-state index in [0.29, 0.717) is 57.3 Å². The van der Waals surface area contributed by atoms with Crippen LogP contribution in [0.3, 0.4) is 0 Å². The van der Waals surface area contributed by atoms with Gasteiger partial charge in [-0.25, -0.2) is 4.98 Å². The molecule has 11 nitrogen and oxygen atoms in total. The van der Waals surface area contributed by atoms with E-state index in [0.717, 1.165) is 25.9 Å². The minimum Gasteiger partial charge on any atom is -0.486 e. The molecule has 2 atom stereocenters. The second-order valence-electron chi connectivity index (χ2n) is 11.0. The number of amides is 2. The smallest absolute Gasteiger partial charge is 0.261 e. The first kappa shape index (κ1) is 25.3. The maximum Gasteiger partial charge on any atom is 0.261 e. The van der Waals surface area contributed by atoms with Gasteiger partial charge in [0.2, 0.25) is 0 Å². The Bertz CT molecular complexity index is 1680. The number of anilines is 1. The maximum absolute atomic E-state index is 13.3. The monoisotopic (exact) mass is 554 g/mol. The summed E-state index contributed by atoms with van der Waals surface area (Å²) >= 11 is 0. The van der Waals surface area contributed by atoms with E-state index in [1.165, 1.54) is 4.90 Å². The Hall–Kier alpha value is -4.64. The summed E-state index contributed by atoms with van der Waals surface area (Å²) in [5.74, 6) is 1.15. The number of hydrogen-bond acceptors (Lipinski definition) is 8. The van der Waals surface area contributed by atoms with Crippen molar-refractivity contribution in [3.05, 3.63) is 70.1 Å². The zero-order valence-electron chi connectivity index (χ0n) is 22.8. The Balaban J connectivity index is 1.17. The molecule has 2 amide bonds. The van der Waals surface area contributed by atoms with Crippen LogP contribution in [0.1, 0.15) is 40.5 Å². The summed E-state index contributed by atoms with van der Waals surface area (Å²) in [4.78, 5) is 53.9. The minimum absolute atomic E-state index is 0.106. The van der Waals surface area contributed by atoms with E-state index in [1.807, 2.05) is 38.2 Å². The van der Waals surface area contributed by atoms with Crippen LogP contribution in [-0.4, -0.2) is 81.5 Å². The van der Waals surface area contributed by atoms with Gasteiger partial charge in [-0.05, 0) is 70.2 Å². The molecule has 210 valence electrons. The summed E-state index contributed by atoms with van der Waals surface area (Å²) < 4.78 is 12.0. The number of para-hydroxylation sites is 2. The maximum atomic E-state index is 13.3. The summed E-state index contributed by atoms with van der Waals surface area (Å²) in [6, 6.07) is 12.3. The Kier molecular flexibility index (Phi) is 6.04. The first-order valence-electron chi connectivity index (χ1n) is 13.8. The van der Waals surface area contributed by atoms with Crippen LogP contribution < -0.4 is 20.3 Å². The standard InChI is InChI=1S/C30H30N6O5/c1-16(25-15-40-23-5-3-4-6-24(23)41-25)32-20-7-10-31-28(37)26(20)27-33-21-13-18-19(14-22(21)34-27)30(39)36(29(18)38)17-8-11-35(2)12-9-17/h3-7,10,13-14,16-17,25H,8-9,11-12,15H2,1-2H3,(H,33,34)(H2,31,32,37). The number of aromatic nitrogens is 3. The summed E-state index contributed by atoms with van der Waals surface area (Å²) in [5, 5.41) is 3.40. The van der Waals surface area contributed by atoms with Crippen LogP contribution in [0.25, 0.3) is 22.4 Å². The molecule has 4 aromatic rings. The van der Waals surface area contributed by atoms with Crippen LogP contribution in [0.4, 0.5) is 5.69 Å². The van der Waals surface area contributed by atoms with E-state index in [9.17, 15) is 14.4 Å². The first-order chi connectivity index (χ1) is 19.9. The van der Waals surface area contributed by atoms with Gasteiger partial charge in [-0.3, -0.25) is 19.3 Å². The van der Waals surface area contributed by atoms with Gasteiger partial charge in [-0.2, -0.15) is 0 Å². The molecular formula is C30H30N6O5. The molecule has 3 aliphatic rings. The average molecular weight is 555 g/mol. The highest BCUT2D eigenvalue weighted by atomic mass is 16.6. The van der Waals surface area contributed by atoms with Crippen molar-refractivity contribution in [2.24, 2.45) is 0 Å². The number of hydrogen-bond donors (Lipinski definition) is 3. The summed E-state index contributed by atoms with van der Waals surface area (Å²) in [6.07, 6.45) is 2.80. The van der Waals surface area contributed by atoms with Crippen LogP contribution in [0, 0.1) is 0 Å². The molecule has 5 heterocycles. The molecule has 3 N–H and O–H groups in total. The van der Waals surface area contributed by atoms with E-state index >= 15 is 0 Å². The number of aromatic amines is 2. The Labute approximate surface area is 235 Å². The highest BCUT2D eigenvalue weighted by molar-refractivity contribution is 6.23. The van der Waals surface area contributed by atoms with E-state index < -0.39 is 0 Å². The lowest BCUT2D eigenvalue weighted by Gasteiger charge is -2.33. The molecule has 0 saturated carbocycles. The molecule has 41 heavy (non-hydrogen) atoms. The number of imidazole rings is 1. The molecular weight excluding hydrogens is 524 g/mol. The lowest BCUT2D eigenvalue weighted by Crippen LogP contribution is -2.46. The van der Waals surface area contributed by atoms with Gasteiger partial charge in [0, 0.05) is 12.2 Å². The molecule has 2 unspecified atom stereocenters. The number of nitrogens with zero attached hydrogens (tertiary/aromatic N) is 3. The number of fused-ring (bicyclic) bond motifs is 3. The third-order valence-electron chi connectivity index (χ3n) is 8.24. The fraction of sp³-hybridized carbons (Fsp3) is 0.333. The normalized spacial score (nSPS) is 20.0. The lowest BCUT2D eigenvalue weighted by atomic mass is 10.0. The number of nitrogens with one attached hydrogen (secondary N) is 3. The predicted octanol–water partition coefficient (Wildman–Crippen LogP) is 3.25. The minimum atomic E-state index is -0.333. The Morgan fingerprint density at radius 1 is 1.02 bits per heavy atom. The molecule has 1 saturated heterocycles. The third-order valence-corrected chi connectivity index (χ3v) is 8.24. The number of pyridine rings is 1. The van der Waals surface area contributed by atoms with Gasteiger partial charge in [0.05, 0.1) is 33.9 Å². The largest absolute Gasteiger partial charge is 0.486 e. The van der Waals surface area contributed by atoms with E-state index in [-0.39, 0.29) is 35.6 Å². The van der Waals surface area contributed by atoms with Crippen molar-refractivity contribution >= 4 is 28.5 Å². The first-order valence-corrected chi connectivity index (χ1v) is 13.8. The van der Waals surface area contributed by atoms with Crippen molar-refractivity contribution in [3.63, 3.8) is 0 Å². The molecule has 3 aliphatic heterocycles. The van der Waals surface area contributed by atoms with Gasteiger partial charge in [0.25, 0.3) is 17.4 Å². The van der Waals surface area contributed by atoms with E-state index in [2.05, 4.69) is 25.2 Å². The fourth-order valence-corrected chi connectivity index (χ4v) is 5.92. The number of carbonyl (C=O) groups is 2. The zero-order valence-corrected chi connectivity index (χ0v) is 22.8. The SMILES string of the molecule is CC(Nc1cc[nH]c(=O)c1-c1nc2cc3c(cc2[nH]1)C(=O)N(C1CCN(C)CC1)C3=O)C1COc2ccccc2O1. The number of piperidine rings is 1. The molecule has 0 bridgehead atoms. The van der Waals surface area contributed by atoms with Crippen LogP contribution in [-0.2, 0) is 0 Å². The van der Waals surface area contributed by atoms with Gasteiger partial charge in [0.1, 0.15) is 18.0 Å².